The molecule has 4 N–H and O–H groups in total. The van der Waals surface area contributed by atoms with Crippen LogP contribution in [0.4, 0.5) is 0 Å². The van der Waals surface area contributed by atoms with Gasteiger partial charge in [-0.3, -0.25) is 14.1 Å². The van der Waals surface area contributed by atoms with E-state index in [0.29, 0.717) is 12.8 Å². The van der Waals surface area contributed by atoms with E-state index >= 15 is 0 Å². The van der Waals surface area contributed by atoms with Gasteiger partial charge in [-0.1, -0.05) is 197 Å². The van der Waals surface area contributed by atoms with Crippen molar-refractivity contribution in [1.82, 2.24) is 0 Å². The minimum absolute atomic E-state index is 0.127. The molecule has 0 spiro atoms. The van der Waals surface area contributed by atoms with Crippen molar-refractivity contribution in [2.24, 2.45) is 0 Å². The lowest BCUT2D eigenvalue weighted by atomic mass is 10.00. The number of hydrogen-bond donors (Lipinski definition) is 4. The van der Waals surface area contributed by atoms with E-state index in [1.165, 1.54) is 109 Å². The Morgan fingerprint density at radius 3 is 1.43 bits per heavy atom. The Kier molecular flexibility index (Phi) is 39.0. The van der Waals surface area contributed by atoms with Crippen molar-refractivity contribution in [2.45, 2.75) is 250 Å². The van der Waals surface area contributed by atoms with Crippen molar-refractivity contribution in [3.05, 3.63) is 48.6 Å². The Labute approximate surface area is 394 Å². The molecule has 13 heteroatoms. The fourth-order valence-corrected chi connectivity index (χ4v) is 8.36. The van der Waals surface area contributed by atoms with Gasteiger partial charge in [-0.2, -0.15) is 8.42 Å². The molecule has 0 saturated carbocycles. The fraction of sp³-hybridized carbons (Fsp3) is 0.808. The summed E-state index contributed by atoms with van der Waals surface area (Å²) in [5.74, 6) is -2.02. The minimum Gasteiger partial charge on any atom is -0.462 e. The molecule has 2 unspecified atom stereocenters. The number of aliphatic hydroxyl groups is 3. The first-order chi connectivity index (χ1) is 31.5. The van der Waals surface area contributed by atoms with Crippen molar-refractivity contribution in [2.75, 3.05) is 19.0 Å². The Balaban J connectivity index is 2.39. The number of esters is 2. The highest BCUT2D eigenvalue weighted by Crippen LogP contribution is 2.24. The van der Waals surface area contributed by atoms with Gasteiger partial charge in [0, 0.05) is 12.8 Å². The van der Waals surface area contributed by atoms with Crippen LogP contribution in [0.3, 0.4) is 0 Å². The molecule has 0 aliphatic carbocycles. The smallest absolute Gasteiger partial charge is 0.306 e. The van der Waals surface area contributed by atoms with E-state index in [2.05, 4.69) is 62.5 Å². The van der Waals surface area contributed by atoms with Crippen LogP contribution in [0.25, 0.3) is 0 Å². The maximum atomic E-state index is 12.8. The van der Waals surface area contributed by atoms with E-state index in [-0.39, 0.29) is 19.4 Å². The molecule has 1 fully saturated rings. The van der Waals surface area contributed by atoms with Gasteiger partial charge in [0.1, 0.15) is 36.8 Å². The number of allylic oxidation sites excluding steroid dienone is 8. The van der Waals surface area contributed by atoms with Crippen molar-refractivity contribution < 1.29 is 56.8 Å². The molecule has 65 heavy (non-hydrogen) atoms. The van der Waals surface area contributed by atoms with Gasteiger partial charge in [0.2, 0.25) is 0 Å². The molecule has 0 aromatic carbocycles. The summed E-state index contributed by atoms with van der Waals surface area (Å²) in [6.45, 7) is 3.69. The molecule has 378 valence electrons. The molecule has 1 saturated heterocycles. The van der Waals surface area contributed by atoms with Gasteiger partial charge in [-0.05, 0) is 51.4 Å². The third-order valence-corrected chi connectivity index (χ3v) is 12.4. The van der Waals surface area contributed by atoms with Crippen LogP contribution in [0.5, 0.6) is 0 Å². The first-order valence-corrected chi connectivity index (χ1v) is 27.3. The van der Waals surface area contributed by atoms with Gasteiger partial charge in [-0.25, -0.2) is 0 Å². The SMILES string of the molecule is CCC/C=C/C/C=C/C/C=C/C/C=C/CCCCCC(=O)O[C@H](COC(=O)CCCCCCCCCCCCCCCCCCCCCC)CO[C@H]1O[C@H](CS(=O)(=O)O)[C@@H](O)C(O)C1O. The molecule has 0 aromatic rings. The Morgan fingerprint density at radius 2 is 0.954 bits per heavy atom. The molecule has 0 radical (unpaired) electrons. The Hall–Kier alpha value is -2.39. The predicted octanol–water partition coefficient (Wildman–Crippen LogP) is 11.5. The van der Waals surface area contributed by atoms with Crippen molar-refractivity contribution >= 4 is 22.1 Å². The van der Waals surface area contributed by atoms with E-state index in [9.17, 15) is 37.9 Å². The molecular formula is C52H92O12S. The van der Waals surface area contributed by atoms with Crippen LogP contribution in [-0.4, -0.2) is 96.0 Å². The van der Waals surface area contributed by atoms with E-state index in [0.717, 1.165) is 64.2 Å². The van der Waals surface area contributed by atoms with Gasteiger partial charge in [0.05, 0.1) is 6.61 Å². The number of hydrogen-bond acceptors (Lipinski definition) is 11. The highest BCUT2D eigenvalue weighted by molar-refractivity contribution is 7.85. The van der Waals surface area contributed by atoms with Gasteiger partial charge in [0.15, 0.2) is 12.4 Å². The summed E-state index contributed by atoms with van der Waals surface area (Å²) < 4.78 is 54.2. The average Bonchev–Trinajstić information content (AvgIpc) is 3.27. The van der Waals surface area contributed by atoms with Gasteiger partial charge in [-0.15, -0.1) is 0 Å². The molecular weight excluding hydrogens is 849 g/mol. The van der Waals surface area contributed by atoms with Crippen molar-refractivity contribution in [3.63, 3.8) is 0 Å². The molecule has 1 heterocycles. The van der Waals surface area contributed by atoms with Crippen LogP contribution >= 0.6 is 0 Å². The molecule has 1 aliphatic heterocycles. The van der Waals surface area contributed by atoms with Gasteiger partial charge >= 0.3 is 11.9 Å². The summed E-state index contributed by atoms with van der Waals surface area (Å²) in [5.41, 5.74) is 0. The molecule has 0 bridgehead atoms. The summed E-state index contributed by atoms with van der Waals surface area (Å²) in [7, 11) is -4.61. The van der Waals surface area contributed by atoms with Crippen LogP contribution < -0.4 is 0 Å². The highest BCUT2D eigenvalue weighted by Gasteiger charge is 2.46. The third-order valence-electron chi connectivity index (χ3n) is 11.6. The van der Waals surface area contributed by atoms with Gasteiger partial charge < -0.3 is 34.3 Å². The second kappa shape index (κ2) is 41.8. The van der Waals surface area contributed by atoms with E-state index in [4.69, 9.17) is 18.9 Å². The highest BCUT2D eigenvalue weighted by atomic mass is 32.2. The third kappa shape index (κ3) is 36.3. The standard InChI is InChI=1S/C52H92O12S/c1-3-5-7-9-11-13-15-17-19-21-22-23-25-26-28-30-32-34-36-38-40-47(53)61-42-45(43-62-52-51(57)50(56)49(55)46(64-52)44-65(58,59)60)63-48(54)41-39-37-35-33-31-29-27-24-20-18-16-14-12-10-8-6-4-2/h8,10,14,16,20,24,29,31,45-46,49-52,55-57H,3-7,9,11-13,15,17-19,21-23,25-28,30,32-44H2,1-2H3,(H,58,59,60)/b10-8+,16-14+,24-20+,31-29+/t45-,46-,49-,50?,51?,52+/m1/s1. The number of aliphatic hydroxyl groups excluding tert-OH is 3. The number of unbranched alkanes of at least 4 members (excludes halogenated alkanes) is 23. The first-order valence-electron chi connectivity index (χ1n) is 25.7. The monoisotopic (exact) mass is 941 g/mol. The van der Waals surface area contributed by atoms with Crippen LogP contribution in [0.15, 0.2) is 48.6 Å². The van der Waals surface area contributed by atoms with Crippen molar-refractivity contribution in [3.8, 4) is 0 Å². The summed E-state index contributed by atoms with van der Waals surface area (Å²) in [6.07, 6.45) is 41.5. The second-order valence-corrected chi connectivity index (χ2v) is 19.3. The summed E-state index contributed by atoms with van der Waals surface area (Å²) >= 11 is 0. The zero-order chi connectivity index (χ0) is 47.6. The van der Waals surface area contributed by atoms with Crippen LogP contribution in [0.1, 0.15) is 213 Å². The van der Waals surface area contributed by atoms with E-state index in [1.807, 2.05) is 0 Å². The fourth-order valence-electron chi connectivity index (χ4n) is 7.67. The quantitative estimate of drug-likeness (QED) is 0.0196. The molecule has 0 aromatic heterocycles. The predicted molar refractivity (Wildman–Crippen MR) is 261 cm³/mol. The topological polar surface area (TPSA) is 186 Å². The van der Waals surface area contributed by atoms with E-state index < -0.39 is 71.2 Å². The van der Waals surface area contributed by atoms with Crippen molar-refractivity contribution in [1.29, 1.82) is 0 Å². The average molecular weight is 941 g/mol. The zero-order valence-corrected chi connectivity index (χ0v) is 41.4. The van der Waals surface area contributed by atoms with E-state index in [1.54, 1.807) is 0 Å². The molecule has 1 rings (SSSR count). The number of carbonyl (C=O) groups excluding carboxylic acids is 2. The normalized spacial score (nSPS) is 19.9. The maximum absolute atomic E-state index is 12.8. The van der Waals surface area contributed by atoms with Crippen LogP contribution in [0.2, 0.25) is 0 Å². The lowest BCUT2D eigenvalue weighted by molar-refractivity contribution is -0.297. The molecule has 6 atom stereocenters. The van der Waals surface area contributed by atoms with Gasteiger partial charge in [0.25, 0.3) is 10.1 Å². The minimum atomic E-state index is -4.61. The molecule has 0 amide bonds. The molecule has 1 aliphatic rings. The second-order valence-electron chi connectivity index (χ2n) is 17.8. The summed E-state index contributed by atoms with van der Waals surface area (Å²) in [5, 5.41) is 31.0. The Bertz CT molecular complexity index is 1380. The maximum Gasteiger partial charge on any atom is 0.306 e. The summed E-state index contributed by atoms with van der Waals surface area (Å²) in [4.78, 5) is 25.5. The van der Waals surface area contributed by atoms with Crippen LogP contribution in [0, 0.1) is 0 Å². The zero-order valence-electron chi connectivity index (χ0n) is 40.6. The molecule has 12 nitrogen and oxygen atoms in total. The first kappa shape index (κ1) is 60.6. The Morgan fingerprint density at radius 1 is 0.523 bits per heavy atom. The number of carbonyl (C=O) groups is 2. The summed E-state index contributed by atoms with van der Waals surface area (Å²) in [6, 6.07) is 0. The largest absolute Gasteiger partial charge is 0.462 e. The number of ether oxygens (including phenoxy) is 4. The number of rotatable bonds is 43. The lowest BCUT2D eigenvalue weighted by Gasteiger charge is -2.40. The lowest BCUT2D eigenvalue weighted by Crippen LogP contribution is -2.60. The van der Waals surface area contributed by atoms with Crippen LogP contribution in [-0.2, 0) is 38.7 Å².